The number of hydrogen-bond donors (Lipinski definition) is 2. The fraction of sp³-hybridized carbons (Fsp3) is 0.523. The van der Waals surface area contributed by atoms with E-state index in [0.29, 0.717) is 68.7 Å². The third-order valence-corrected chi connectivity index (χ3v) is 13.5. The molecule has 16 nitrogen and oxygen atoms in total. The molecule has 5 aliphatic rings. The number of amides is 3. The van der Waals surface area contributed by atoms with Gasteiger partial charge in [-0.3, -0.25) is 29.1 Å². The van der Waals surface area contributed by atoms with E-state index in [1.54, 1.807) is 21.8 Å². The fourth-order valence-corrected chi connectivity index (χ4v) is 10.4. The molecular weight excluding hydrogens is 801 g/mol. The average molecular weight is 850 g/mol. The number of aryl methyl sites for hydroxylation is 1. The van der Waals surface area contributed by atoms with Crippen LogP contribution < -0.4 is 15.5 Å². The third kappa shape index (κ3) is 7.81. The molecule has 10 rings (SSSR count). The van der Waals surface area contributed by atoms with Crippen LogP contribution in [0.1, 0.15) is 97.2 Å². The van der Waals surface area contributed by atoms with Gasteiger partial charge in [0.05, 0.1) is 48.5 Å². The van der Waals surface area contributed by atoms with E-state index in [9.17, 15) is 23.2 Å². The summed E-state index contributed by atoms with van der Waals surface area (Å²) in [5.74, 6) is 6.99. The predicted octanol–water partition coefficient (Wildman–Crippen LogP) is 4.85. The summed E-state index contributed by atoms with van der Waals surface area (Å²) in [6.45, 7) is 6.68. The number of carbonyl (C=O) groups excluding carboxylic acids is 3. The van der Waals surface area contributed by atoms with Crippen molar-refractivity contribution in [2.24, 2.45) is 11.8 Å². The minimum absolute atomic E-state index is 0.00573. The quantitative estimate of drug-likeness (QED) is 0.154. The Labute approximate surface area is 356 Å². The number of morpholine rings is 1. The molecule has 7 heterocycles. The summed E-state index contributed by atoms with van der Waals surface area (Å²) in [5, 5.41) is 19.3. The normalized spacial score (nSPS) is 24.8. The average Bonchev–Trinajstić information content (AvgIpc) is 4.11. The van der Waals surface area contributed by atoms with Crippen molar-refractivity contribution < 1.29 is 32.6 Å². The molecule has 3 amide bonds. The van der Waals surface area contributed by atoms with Crippen molar-refractivity contribution in [2.45, 2.75) is 88.9 Å². The number of nitrogens with one attached hydrogen (secondary N) is 2. The van der Waals surface area contributed by atoms with E-state index in [1.807, 2.05) is 31.2 Å². The molecule has 2 N–H and O–H groups in total. The maximum Gasteiger partial charge on any atom is 0.284 e. The summed E-state index contributed by atoms with van der Waals surface area (Å²) in [4.78, 5) is 47.1. The van der Waals surface area contributed by atoms with Gasteiger partial charge >= 0.3 is 0 Å². The summed E-state index contributed by atoms with van der Waals surface area (Å²) < 4.78 is 45.2. The van der Waals surface area contributed by atoms with Gasteiger partial charge in [-0.05, 0) is 81.9 Å². The first kappa shape index (κ1) is 40.3. The van der Waals surface area contributed by atoms with E-state index in [-0.39, 0.29) is 41.6 Å². The molecule has 5 aromatic rings. The van der Waals surface area contributed by atoms with Crippen LogP contribution in [0.25, 0.3) is 16.6 Å². The first-order valence-electron chi connectivity index (χ1n) is 21.7. The molecule has 2 saturated carbocycles. The second kappa shape index (κ2) is 16.8. The molecule has 3 unspecified atom stereocenters. The zero-order valence-electron chi connectivity index (χ0n) is 34.5. The molecule has 5 fully saturated rings. The highest BCUT2D eigenvalue weighted by Crippen LogP contribution is 2.50. The molecule has 1 aromatic carbocycles. The lowest BCUT2D eigenvalue weighted by molar-refractivity contribution is -0.135. The minimum Gasteiger partial charge on any atom is -0.378 e. The molecule has 62 heavy (non-hydrogen) atoms. The molecule has 18 heteroatoms. The van der Waals surface area contributed by atoms with E-state index in [4.69, 9.17) is 9.47 Å². The Kier molecular flexibility index (Phi) is 10.9. The smallest absolute Gasteiger partial charge is 0.284 e. The van der Waals surface area contributed by atoms with Gasteiger partial charge in [-0.15, -0.1) is 0 Å². The fourth-order valence-electron chi connectivity index (χ4n) is 10.4. The Morgan fingerprint density at radius 3 is 2.55 bits per heavy atom. The van der Waals surface area contributed by atoms with Gasteiger partial charge in [-0.1, -0.05) is 17.9 Å². The van der Waals surface area contributed by atoms with E-state index >= 15 is 0 Å². The highest BCUT2D eigenvalue weighted by Gasteiger charge is 2.45. The van der Waals surface area contributed by atoms with Crippen LogP contribution in [-0.4, -0.2) is 115 Å². The number of carbonyl (C=O) groups is 3. The molecule has 0 radical (unpaired) electrons. The Hall–Kier alpha value is -5.77. The number of fused-ring (bicyclic) bond motifs is 3. The van der Waals surface area contributed by atoms with Crippen molar-refractivity contribution in [3.05, 3.63) is 65.4 Å². The maximum atomic E-state index is 14.3. The van der Waals surface area contributed by atoms with E-state index in [0.717, 1.165) is 73.8 Å². The zero-order valence-corrected chi connectivity index (χ0v) is 34.5. The van der Waals surface area contributed by atoms with Crippen molar-refractivity contribution in [1.29, 1.82) is 0 Å². The molecule has 3 saturated heterocycles. The van der Waals surface area contributed by atoms with Crippen LogP contribution in [-0.2, 0) is 19.1 Å². The number of aromatic nitrogens is 7. The van der Waals surface area contributed by atoms with Crippen molar-refractivity contribution in [2.75, 3.05) is 56.2 Å². The lowest BCUT2D eigenvalue weighted by Crippen LogP contribution is -2.42. The topological polar surface area (TPSA) is 166 Å². The molecule has 0 bridgehead atoms. The molecule has 3 aliphatic heterocycles. The summed E-state index contributed by atoms with van der Waals surface area (Å²) >= 11 is 0. The van der Waals surface area contributed by atoms with E-state index in [1.165, 1.54) is 10.7 Å². The number of piperidine rings is 2. The summed E-state index contributed by atoms with van der Waals surface area (Å²) in [6, 6.07) is 7.57. The molecule has 324 valence electrons. The Morgan fingerprint density at radius 2 is 1.79 bits per heavy atom. The number of likely N-dealkylation sites (tertiary alicyclic amines) is 1. The van der Waals surface area contributed by atoms with Crippen LogP contribution in [0.4, 0.5) is 20.3 Å². The molecular formula is C44H49F2N11O5. The molecule has 3 atom stereocenters. The van der Waals surface area contributed by atoms with Crippen LogP contribution in [0.3, 0.4) is 0 Å². The maximum absolute atomic E-state index is 14.3. The predicted molar refractivity (Wildman–Crippen MR) is 223 cm³/mol. The lowest BCUT2D eigenvalue weighted by Gasteiger charge is -2.36. The highest BCUT2D eigenvalue weighted by molar-refractivity contribution is 6.08. The number of imide groups is 1. The Balaban J connectivity index is 0.712. The number of nitrogens with zero attached hydrogens (tertiary/aromatic N) is 9. The first-order valence-corrected chi connectivity index (χ1v) is 21.7. The van der Waals surface area contributed by atoms with Crippen LogP contribution in [0, 0.1) is 30.6 Å². The van der Waals surface area contributed by atoms with Gasteiger partial charge in [0.2, 0.25) is 5.91 Å². The van der Waals surface area contributed by atoms with Crippen molar-refractivity contribution in [1.82, 2.24) is 44.4 Å². The van der Waals surface area contributed by atoms with Gasteiger partial charge in [-0.2, -0.15) is 15.3 Å². The highest BCUT2D eigenvalue weighted by atomic mass is 19.3. The van der Waals surface area contributed by atoms with Gasteiger partial charge in [0, 0.05) is 62.0 Å². The lowest BCUT2D eigenvalue weighted by atomic mass is 10.0. The van der Waals surface area contributed by atoms with E-state index in [2.05, 4.69) is 52.6 Å². The Bertz CT molecular complexity index is 2570. The standard InChI is InChI=1S/C44H49F2N11O5/c1-26-39-27(4-2-6-35(39)57(51-26)36-7-8-38(58)50-44(36)60)5-3-17-62-32-9-12-53(13-10-32)30-20-28-22-31(23-29(28)21-30)56-25-34(40(52-56)41(45)46)48-43(59)33-24-47-55-14-11-37(49-42(33)55)54-15-18-61-19-16-54/h2,4,6,11,14,24-25,28-32,36,41H,7-10,12-13,15-23H2,1H3,(H,48,59)(H,50,58,60). The van der Waals surface area contributed by atoms with Crippen LogP contribution >= 0.6 is 0 Å². The van der Waals surface area contributed by atoms with Gasteiger partial charge in [-0.25, -0.2) is 18.3 Å². The Morgan fingerprint density at radius 1 is 1.02 bits per heavy atom. The van der Waals surface area contributed by atoms with Gasteiger partial charge < -0.3 is 24.6 Å². The van der Waals surface area contributed by atoms with Crippen molar-refractivity contribution in [3.8, 4) is 11.8 Å². The number of anilines is 2. The van der Waals surface area contributed by atoms with Crippen LogP contribution in [0.15, 0.2) is 42.9 Å². The number of halogens is 2. The molecule has 2 aliphatic carbocycles. The number of rotatable bonds is 9. The van der Waals surface area contributed by atoms with Gasteiger partial charge in [0.1, 0.15) is 24.0 Å². The van der Waals surface area contributed by atoms with Crippen LogP contribution in [0.2, 0.25) is 0 Å². The van der Waals surface area contributed by atoms with Gasteiger partial charge in [0.25, 0.3) is 18.2 Å². The van der Waals surface area contributed by atoms with Crippen molar-refractivity contribution in [3.63, 3.8) is 0 Å². The summed E-state index contributed by atoms with van der Waals surface area (Å²) in [6.07, 6.45) is 8.43. The SMILES string of the molecule is Cc1nn(C2CCC(=O)NC2=O)c2cccc(C#CCOC3CCN(C4CC5CC(n6cc(NC(=O)c7cnn8ccc(N9CCOCC9)nc78)c(C(F)F)n6)CC5C4)CC3)c12. The number of hydrogen-bond acceptors (Lipinski definition) is 11. The first-order chi connectivity index (χ1) is 30.2. The number of ether oxygens (including phenoxy) is 2. The number of benzene rings is 1. The zero-order chi connectivity index (χ0) is 42.5. The second-order valence-electron chi connectivity index (χ2n) is 17.2. The third-order valence-electron chi connectivity index (χ3n) is 13.5. The van der Waals surface area contributed by atoms with Crippen LogP contribution in [0.5, 0.6) is 0 Å². The molecule has 4 aromatic heterocycles. The number of alkyl halides is 2. The van der Waals surface area contributed by atoms with E-state index < -0.39 is 24.1 Å². The summed E-state index contributed by atoms with van der Waals surface area (Å²) in [5.41, 5.74) is 2.54. The monoisotopic (exact) mass is 849 g/mol. The minimum atomic E-state index is -2.85. The largest absolute Gasteiger partial charge is 0.378 e. The summed E-state index contributed by atoms with van der Waals surface area (Å²) in [7, 11) is 0. The van der Waals surface area contributed by atoms with Gasteiger partial charge in [0.15, 0.2) is 11.3 Å². The van der Waals surface area contributed by atoms with Crippen molar-refractivity contribution >= 4 is 45.8 Å². The second-order valence-corrected chi connectivity index (χ2v) is 17.2. The molecule has 0 spiro atoms.